The molecule has 0 aliphatic carbocycles. The van der Waals surface area contributed by atoms with Crippen LogP contribution in [-0.4, -0.2) is 23.0 Å². The van der Waals surface area contributed by atoms with Crippen LogP contribution in [0.3, 0.4) is 0 Å². The molecule has 0 aliphatic rings. The van der Waals surface area contributed by atoms with Crippen LogP contribution in [0.15, 0.2) is 47.5 Å². The number of aromatic nitrogens is 2. The summed E-state index contributed by atoms with van der Waals surface area (Å²) >= 11 is 1.56. The quantitative estimate of drug-likeness (QED) is 0.362. The summed E-state index contributed by atoms with van der Waals surface area (Å²) in [4.78, 5) is 22.1. The molecule has 0 unspecified atom stereocenters. The molecule has 0 saturated carbocycles. The Balaban J connectivity index is 2.11. The maximum atomic E-state index is 12.2. The predicted molar refractivity (Wildman–Crippen MR) is 131 cm³/mol. The highest BCUT2D eigenvalue weighted by Crippen LogP contribution is 2.36. The van der Waals surface area contributed by atoms with E-state index in [1.807, 2.05) is 12.1 Å². The van der Waals surface area contributed by atoms with Crippen molar-refractivity contribution in [2.24, 2.45) is 11.7 Å². The Morgan fingerprint density at radius 1 is 1.12 bits per heavy atom. The molecule has 0 amide bonds. The number of methoxy groups -OCH3 is 1. The number of thioether (sulfide) groups is 1. The molecule has 3 rings (SSSR count). The standard InChI is InChI=1S/C26H31N3O2S/c1-16(2)13-22-20(14-27)24(19-10-8-17(3)9-11-19)21(18(4)29-22)15-32-23-7-6-12-28-25(23)26(30)31-5/h6-12,16H,13-15,27H2,1-5H3. The number of hydrogen-bond donors (Lipinski definition) is 1. The van der Waals surface area contributed by atoms with E-state index in [2.05, 4.69) is 56.9 Å². The minimum Gasteiger partial charge on any atom is -0.464 e. The zero-order valence-corrected chi connectivity index (χ0v) is 20.3. The summed E-state index contributed by atoms with van der Waals surface area (Å²) in [6.07, 6.45) is 2.49. The Hall–Kier alpha value is -2.70. The normalized spacial score (nSPS) is 11.1. The highest BCUT2D eigenvalue weighted by atomic mass is 32.2. The van der Waals surface area contributed by atoms with Gasteiger partial charge in [0.1, 0.15) is 0 Å². The molecular weight excluding hydrogens is 418 g/mol. The zero-order valence-electron chi connectivity index (χ0n) is 19.4. The Morgan fingerprint density at radius 2 is 1.84 bits per heavy atom. The third-order valence-corrected chi connectivity index (χ3v) is 6.43. The molecule has 5 nitrogen and oxygen atoms in total. The topological polar surface area (TPSA) is 78.1 Å². The Bertz CT molecular complexity index is 1090. The fraction of sp³-hybridized carbons (Fsp3) is 0.346. The molecule has 0 atom stereocenters. The minimum absolute atomic E-state index is 0.331. The zero-order chi connectivity index (χ0) is 23.3. The summed E-state index contributed by atoms with van der Waals surface area (Å²) in [6.45, 7) is 8.97. The van der Waals surface area contributed by atoms with Crippen LogP contribution in [0, 0.1) is 19.8 Å². The number of carbonyl (C=O) groups is 1. The van der Waals surface area contributed by atoms with E-state index in [1.165, 1.54) is 12.7 Å². The first kappa shape index (κ1) is 24.0. The fourth-order valence-electron chi connectivity index (χ4n) is 3.77. The lowest BCUT2D eigenvalue weighted by Gasteiger charge is -2.21. The first-order valence-electron chi connectivity index (χ1n) is 10.8. The van der Waals surface area contributed by atoms with E-state index in [4.69, 9.17) is 15.5 Å². The number of nitrogens with two attached hydrogens (primary N) is 1. The second-order valence-corrected chi connectivity index (χ2v) is 9.29. The van der Waals surface area contributed by atoms with E-state index in [-0.39, 0.29) is 0 Å². The Kier molecular flexibility index (Phi) is 8.04. The van der Waals surface area contributed by atoms with Crippen LogP contribution in [0.4, 0.5) is 0 Å². The number of rotatable bonds is 8. The molecule has 0 radical (unpaired) electrons. The molecule has 2 heterocycles. The number of ether oxygens (including phenoxy) is 1. The van der Waals surface area contributed by atoms with Crippen molar-refractivity contribution in [1.82, 2.24) is 9.97 Å². The van der Waals surface area contributed by atoms with E-state index in [0.29, 0.717) is 23.9 Å². The van der Waals surface area contributed by atoms with E-state index < -0.39 is 5.97 Å². The molecule has 2 N–H and O–H groups in total. The van der Waals surface area contributed by atoms with Crippen LogP contribution in [0.1, 0.15) is 52.4 Å². The first-order valence-corrected chi connectivity index (χ1v) is 11.8. The number of pyridine rings is 2. The van der Waals surface area contributed by atoms with Crippen molar-refractivity contribution >= 4 is 17.7 Å². The molecule has 6 heteroatoms. The lowest BCUT2D eigenvalue weighted by Crippen LogP contribution is -2.13. The summed E-state index contributed by atoms with van der Waals surface area (Å²) in [5, 5.41) is 0. The molecule has 0 saturated heterocycles. The highest BCUT2D eigenvalue weighted by Gasteiger charge is 2.21. The average Bonchev–Trinajstić information content (AvgIpc) is 2.78. The molecule has 2 aromatic heterocycles. The van der Waals surface area contributed by atoms with Crippen LogP contribution >= 0.6 is 11.8 Å². The third kappa shape index (κ3) is 5.37. The molecule has 1 aromatic carbocycles. The van der Waals surface area contributed by atoms with Gasteiger partial charge in [0.15, 0.2) is 5.69 Å². The van der Waals surface area contributed by atoms with Crippen LogP contribution in [-0.2, 0) is 23.5 Å². The maximum Gasteiger partial charge on any atom is 0.357 e. The van der Waals surface area contributed by atoms with Crippen molar-refractivity contribution in [2.75, 3.05) is 7.11 Å². The predicted octanol–water partition coefficient (Wildman–Crippen LogP) is 5.50. The molecule has 32 heavy (non-hydrogen) atoms. The van der Waals surface area contributed by atoms with Crippen molar-refractivity contribution in [3.63, 3.8) is 0 Å². The van der Waals surface area contributed by atoms with Crippen molar-refractivity contribution in [1.29, 1.82) is 0 Å². The van der Waals surface area contributed by atoms with Gasteiger partial charge in [-0.2, -0.15) is 0 Å². The van der Waals surface area contributed by atoms with E-state index >= 15 is 0 Å². The maximum absolute atomic E-state index is 12.2. The number of aryl methyl sites for hydroxylation is 2. The van der Waals surface area contributed by atoms with Gasteiger partial charge in [-0.15, -0.1) is 11.8 Å². The summed E-state index contributed by atoms with van der Waals surface area (Å²) in [5.41, 5.74) is 14.4. The largest absolute Gasteiger partial charge is 0.464 e. The molecule has 0 fully saturated rings. The van der Waals surface area contributed by atoms with Gasteiger partial charge in [-0.3, -0.25) is 4.98 Å². The first-order chi connectivity index (χ1) is 15.3. The second-order valence-electron chi connectivity index (χ2n) is 8.27. The summed E-state index contributed by atoms with van der Waals surface area (Å²) in [5.74, 6) is 0.695. The van der Waals surface area contributed by atoms with Crippen LogP contribution < -0.4 is 5.73 Å². The molecule has 168 valence electrons. The van der Waals surface area contributed by atoms with Gasteiger partial charge in [-0.1, -0.05) is 43.7 Å². The molecular formula is C26H31N3O2S. The molecule has 0 spiro atoms. The Morgan fingerprint density at radius 3 is 2.47 bits per heavy atom. The highest BCUT2D eigenvalue weighted by molar-refractivity contribution is 7.98. The summed E-state index contributed by atoms with van der Waals surface area (Å²) in [7, 11) is 1.37. The lowest BCUT2D eigenvalue weighted by molar-refractivity contribution is 0.0589. The smallest absolute Gasteiger partial charge is 0.357 e. The number of nitrogens with zero attached hydrogens (tertiary/aromatic N) is 2. The number of benzene rings is 1. The van der Waals surface area contributed by atoms with Crippen LogP contribution in [0.25, 0.3) is 11.1 Å². The molecule has 0 bridgehead atoms. The van der Waals surface area contributed by atoms with Gasteiger partial charge >= 0.3 is 5.97 Å². The van der Waals surface area contributed by atoms with Gasteiger partial charge in [-0.25, -0.2) is 9.78 Å². The van der Waals surface area contributed by atoms with Gasteiger partial charge in [0.25, 0.3) is 0 Å². The van der Waals surface area contributed by atoms with Gasteiger partial charge in [0.2, 0.25) is 0 Å². The molecule has 3 aromatic rings. The third-order valence-electron chi connectivity index (χ3n) is 5.36. The minimum atomic E-state index is -0.434. The number of hydrogen-bond acceptors (Lipinski definition) is 6. The van der Waals surface area contributed by atoms with Gasteiger partial charge in [0, 0.05) is 34.8 Å². The van der Waals surface area contributed by atoms with Crippen molar-refractivity contribution in [2.45, 2.75) is 51.3 Å². The van der Waals surface area contributed by atoms with E-state index in [0.717, 1.165) is 45.0 Å². The number of esters is 1. The SMILES string of the molecule is COC(=O)c1ncccc1SCc1c(C)nc(CC(C)C)c(CN)c1-c1ccc(C)cc1. The second kappa shape index (κ2) is 10.7. The van der Waals surface area contributed by atoms with Gasteiger partial charge < -0.3 is 10.5 Å². The van der Waals surface area contributed by atoms with E-state index in [1.54, 1.807) is 18.0 Å². The lowest BCUT2D eigenvalue weighted by atomic mass is 9.90. The summed E-state index contributed by atoms with van der Waals surface area (Å²) < 4.78 is 4.90. The van der Waals surface area contributed by atoms with Gasteiger partial charge in [0.05, 0.1) is 7.11 Å². The van der Waals surface area contributed by atoms with Crippen molar-refractivity contribution in [3.8, 4) is 11.1 Å². The Labute approximate surface area is 194 Å². The number of carbonyl (C=O) groups excluding carboxylic acids is 1. The van der Waals surface area contributed by atoms with Gasteiger partial charge in [-0.05, 0) is 60.6 Å². The monoisotopic (exact) mass is 449 g/mol. The van der Waals surface area contributed by atoms with Crippen molar-refractivity contribution in [3.05, 3.63) is 76.4 Å². The average molecular weight is 450 g/mol. The van der Waals surface area contributed by atoms with Crippen LogP contribution in [0.2, 0.25) is 0 Å². The van der Waals surface area contributed by atoms with E-state index in [9.17, 15) is 4.79 Å². The van der Waals surface area contributed by atoms with Crippen LogP contribution in [0.5, 0.6) is 0 Å². The molecule has 0 aliphatic heterocycles. The summed E-state index contributed by atoms with van der Waals surface area (Å²) in [6, 6.07) is 12.3. The van der Waals surface area contributed by atoms with Crippen molar-refractivity contribution < 1.29 is 9.53 Å². The fourth-order valence-corrected chi connectivity index (χ4v) is 4.87.